The van der Waals surface area contributed by atoms with Gasteiger partial charge in [0, 0.05) is 32.2 Å². The Hall–Kier alpha value is -0.650. The zero-order valence-corrected chi connectivity index (χ0v) is 12.4. The molecule has 2 rings (SSSR count). The number of carbonyl (C=O) groups is 1. The second kappa shape index (κ2) is 5.38. The summed E-state index contributed by atoms with van der Waals surface area (Å²) in [5.41, 5.74) is -0.395. The van der Waals surface area contributed by atoms with Crippen molar-refractivity contribution in [1.82, 2.24) is 10.6 Å². The van der Waals surface area contributed by atoms with Gasteiger partial charge in [0.25, 0.3) is 0 Å². The molecule has 3 unspecified atom stereocenters. The number of nitrogens with one attached hydrogen (secondary N) is 2. The Morgan fingerprint density at radius 2 is 2.16 bits per heavy atom. The lowest BCUT2D eigenvalue weighted by molar-refractivity contribution is -0.143. The van der Waals surface area contributed by atoms with Crippen LogP contribution in [0.4, 0.5) is 0 Å². The highest BCUT2D eigenvalue weighted by atomic mass is 16.5. The Balaban J connectivity index is 1.97. The van der Waals surface area contributed by atoms with Crippen molar-refractivity contribution in [3.63, 3.8) is 0 Å². The summed E-state index contributed by atoms with van der Waals surface area (Å²) in [4.78, 5) is 12.6. The van der Waals surface area contributed by atoms with Crippen LogP contribution in [0.1, 0.15) is 26.7 Å². The van der Waals surface area contributed by atoms with Gasteiger partial charge >= 0.3 is 0 Å². The third-order valence-electron chi connectivity index (χ3n) is 4.91. The first-order chi connectivity index (χ1) is 8.96. The Bertz CT molecular complexity index is 338. The van der Waals surface area contributed by atoms with Crippen LogP contribution in [-0.2, 0) is 14.3 Å². The molecule has 0 bridgehead atoms. The van der Waals surface area contributed by atoms with Crippen LogP contribution in [0, 0.1) is 10.8 Å². The predicted molar refractivity (Wildman–Crippen MR) is 72.9 cm³/mol. The number of carbonyl (C=O) groups excluding carboxylic acids is 1. The minimum absolute atomic E-state index is 0.00467. The molecule has 110 valence electrons. The molecule has 0 aromatic rings. The maximum absolute atomic E-state index is 12.6. The second-order valence-corrected chi connectivity index (χ2v) is 6.45. The minimum atomic E-state index is -0.400. The number of amides is 1. The van der Waals surface area contributed by atoms with Crippen LogP contribution in [0.15, 0.2) is 0 Å². The highest BCUT2D eigenvalue weighted by molar-refractivity contribution is 5.84. The Labute approximate surface area is 115 Å². The standard InChI is InChI=1S/C14H26N2O3/c1-13(2)10(7-11(13)19-4)16-12(17)14(9-18-3)5-6-15-8-14/h10-11,15H,5-9H2,1-4H3,(H,16,17). The van der Waals surface area contributed by atoms with Gasteiger partial charge < -0.3 is 20.1 Å². The minimum Gasteiger partial charge on any atom is -0.384 e. The van der Waals surface area contributed by atoms with Crippen LogP contribution in [0.25, 0.3) is 0 Å². The van der Waals surface area contributed by atoms with Crippen molar-refractivity contribution < 1.29 is 14.3 Å². The highest BCUT2D eigenvalue weighted by Crippen LogP contribution is 2.43. The van der Waals surface area contributed by atoms with Gasteiger partial charge in [-0.15, -0.1) is 0 Å². The smallest absolute Gasteiger partial charge is 0.230 e. The van der Waals surface area contributed by atoms with E-state index in [2.05, 4.69) is 24.5 Å². The summed E-state index contributed by atoms with van der Waals surface area (Å²) in [5, 5.41) is 6.46. The molecular weight excluding hydrogens is 244 g/mol. The van der Waals surface area contributed by atoms with Gasteiger partial charge in [0.1, 0.15) is 0 Å². The van der Waals surface area contributed by atoms with Crippen LogP contribution < -0.4 is 10.6 Å². The van der Waals surface area contributed by atoms with Crippen LogP contribution in [0.3, 0.4) is 0 Å². The largest absolute Gasteiger partial charge is 0.384 e. The molecule has 0 radical (unpaired) electrons. The second-order valence-electron chi connectivity index (χ2n) is 6.45. The Morgan fingerprint density at radius 1 is 1.42 bits per heavy atom. The van der Waals surface area contributed by atoms with E-state index in [1.165, 1.54) is 0 Å². The van der Waals surface area contributed by atoms with E-state index in [-0.39, 0.29) is 23.5 Å². The normalized spacial score (nSPS) is 36.8. The summed E-state index contributed by atoms with van der Waals surface area (Å²) >= 11 is 0. The number of hydrogen-bond acceptors (Lipinski definition) is 4. The van der Waals surface area contributed by atoms with Gasteiger partial charge in [0.15, 0.2) is 0 Å². The average Bonchev–Trinajstić information content (AvgIpc) is 2.84. The van der Waals surface area contributed by atoms with Crippen molar-refractivity contribution in [1.29, 1.82) is 0 Å². The summed E-state index contributed by atoms with van der Waals surface area (Å²) in [6.45, 7) is 6.35. The SMILES string of the molecule is COCC1(C(=O)NC2CC(OC)C2(C)C)CCNC1. The summed E-state index contributed by atoms with van der Waals surface area (Å²) in [6, 6.07) is 0.194. The van der Waals surface area contributed by atoms with Gasteiger partial charge in [0.05, 0.1) is 18.1 Å². The first-order valence-electron chi connectivity index (χ1n) is 7.00. The first-order valence-corrected chi connectivity index (χ1v) is 7.00. The third kappa shape index (κ3) is 2.51. The van der Waals surface area contributed by atoms with E-state index in [0.717, 1.165) is 19.4 Å². The van der Waals surface area contributed by atoms with Crippen molar-refractivity contribution in [2.45, 2.75) is 38.8 Å². The Morgan fingerprint density at radius 3 is 2.63 bits per heavy atom. The average molecular weight is 270 g/mol. The number of hydrogen-bond donors (Lipinski definition) is 2. The Kier molecular flexibility index (Phi) is 4.18. The van der Waals surface area contributed by atoms with Gasteiger partial charge in [-0.1, -0.05) is 13.8 Å². The molecule has 1 saturated carbocycles. The zero-order valence-electron chi connectivity index (χ0n) is 12.4. The van der Waals surface area contributed by atoms with Crippen LogP contribution in [-0.4, -0.2) is 52.0 Å². The van der Waals surface area contributed by atoms with E-state index >= 15 is 0 Å². The molecule has 19 heavy (non-hydrogen) atoms. The molecule has 5 heteroatoms. The summed E-state index contributed by atoms with van der Waals surface area (Å²) < 4.78 is 10.7. The number of ether oxygens (including phenoxy) is 2. The molecule has 1 heterocycles. The monoisotopic (exact) mass is 270 g/mol. The van der Waals surface area contributed by atoms with Crippen LogP contribution >= 0.6 is 0 Å². The maximum atomic E-state index is 12.6. The van der Waals surface area contributed by atoms with E-state index in [9.17, 15) is 4.79 Å². The van der Waals surface area contributed by atoms with Gasteiger partial charge in [-0.2, -0.15) is 0 Å². The molecule has 1 amide bonds. The molecule has 3 atom stereocenters. The molecule has 1 saturated heterocycles. The maximum Gasteiger partial charge on any atom is 0.230 e. The molecule has 2 N–H and O–H groups in total. The van der Waals surface area contributed by atoms with E-state index < -0.39 is 5.41 Å². The molecule has 1 aliphatic heterocycles. The van der Waals surface area contributed by atoms with E-state index in [1.54, 1.807) is 14.2 Å². The van der Waals surface area contributed by atoms with Crippen molar-refractivity contribution in [2.75, 3.05) is 33.9 Å². The lowest BCUT2D eigenvalue weighted by atomic mass is 9.64. The van der Waals surface area contributed by atoms with Crippen LogP contribution in [0.2, 0.25) is 0 Å². The predicted octanol–water partition coefficient (Wildman–Crippen LogP) is 0.542. The van der Waals surface area contributed by atoms with Crippen molar-refractivity contribution in [2.24, 2.45) is 10.8 Å². The lowest BCUT2D eigenvalue weighted by Crippen LogP contribution is -2.64. The molecule has 2 fully saturated rings. The topological polar surface area (TPSA) is 59.6 Å². The molecule has 2 aliphatic rings. The summed E-state index contributed by atoms with van der Waals surface area (Å²) in [6.07, 6.45) is 1.97. The van der Waals surface area contributed by atoms with E-state index in [1.807, 2.05) is 0 Å². The fourth-order valence-electron chi connectivity index (χ4n) is 3.24. The van der Waals surface area contributed by atoms with Gasteiger partial charge in [-0.3, -0.25) is 4.79 Å². The van der Waals surface area contributed by atoms with Crippen molar-refractivity contribution >= 4 is 5.91 Å². The van der Waals surface area contributed by atoms with Gasteiger partial charge in [0.2, 0.25) is 5.91 Å². The van der Waals surface area contributed by atoms with E-state index in [4.69, 9.17) is 9.47 Å². The van der Waals surface area contributed by atoms with Crippen LogP contribution in [0.5, 0.6) is 0 Å². The molecular formula is C14H26N2O3. The molecule has 5 nitrogen and oxygen atoms in total. The van der Waals surface area contributed by atoms with E-state index in [0.29, 0.717) is 13.2 Å². The van der Waals surface area contributed by atoms with Crippen molar-refractivity contribution in [3.8, 4) is 0 Å². The number of methoxy groups -OCH3 is 2. The fraction of sp³-hybridized carbons (Fsp3) is 0.929. The summed E-state index contributed by atoms with van der Waals surface area (Å²) in [7, 11) is 3.39. The first kappa shape index (κ1) is 14.8. The van der Waals surface area contributed by atoms with Gasteiger partial charge in [-0.25, -0.2) is 0 Å². The molecule has 0 aromatic carbocycles. The molecule has 1 aliphatic carbocycles. The zero-order chi connectivity index (χ0) is 14.1. The van der Waals surface area contributed by atoms with Gasteiger partial charge in [-0.05, 0) is 19.4 Å². The fourth-order valence-corrected chi connectivity index (χ4v) is 3.24. The number of rotatable bonds is 5. The quantitative estimate of drug-likeness (QED) is 0.765. The summed E-state index contributed by atoms with van der Waals surface area (Å²) in [5.74, 6) is 0.118. The molecule has 0 aromatic heterocycles. The third-order valence-corrected chi connectivity index (χ3v) is 4.91. The lowest BCUT2D eigenvalue weighted by Gasteiger charge is -2.51. The van der Waals surface area contributed by atoms with Crippen molar-refractivity contribution in [3.05, 3.63) is 0 Å². The highest BCUT2D eigenvalue weighted by Gasteiger charge is 2.51. The molecule has 0 spiro atoms.